The number of rotatable bonds is 5. The Labute approximate surface area is 104 Å². The van der Waals surface area contributed by atoms with Crippen molar-refractivity contribution in [3.63, 3.8) is 0 Å². The Morgan fingerprint density at radius 1 is 1.19 bits per heavy atom. The number of nitrogens with one attached hydrogen (secondary N) is 1. The van der Waals surface area contributed by atoms with Gasteiger partial charge in [-0.25, -0.2) is 0 Å². The van der Waals surface area contributed by atoms with Crippen molar-refractivity contribution >= 4 is 11.6 Å². The van der Waals surface area contributed by atoms with Gasteiger partial charge in [-0.2, -0.15) is 0 Å². The third kappa shape index (κ3) is 3.50. The zero-order valence-electron chi connectivity index (χ0n) is 10.6. The summed E-state index contributed by atoms with van der Waals surface area (Å²) in [6.07, 6.45) is 1.20. The number of hydrogen-bond acceptors (Lipinski definition) is 1. The summed E-state index contributed by atoms with van der Waals surface area (Å²) in [5.41, 5.74) is 1.18. The third-order valence-corrected chi connectivity index (χ3v) is 3.73. The van der Waals surface area contributed by atoms with Gasteiger partial charge in [0.1, 0.15) is 0 Å². The van der Waals surface area contributed by atoms with Gasteiger partial charge in [0.05, 0.1) is 0 Å². The van der Waals surface area contributed by atoms with Crippen molar-refractivity contribution in [2.45, 2.75) is 46.2 Å². The summed E-state index contributed by atoms with van der Waals surface area (Å²) in [5.74, 6) is 0.685. The average molecular weight is 240 g/mol. The lowest BCUT2D eigenvalue weighted by Gasteiger charge is -2.25. The molecule has 16 heavy (non-hydrogen) atoms. The first kappa shape index (κ1) is 13.5. The van der Waals surface area contributed by atoms with E-state index in [-0.39, 0.29) is 0 Å². The van der Waals surface area contributed by atoms with Gasteiger partial charge in [-0.05, 0) is 31.4 Å². The van der Waals surface area contributed by atoms with Gasteiger partial charge in [-0.3, -0.25) is 0 Å². The first-order valence-electron chi connectivity index (χ1n) is 6.06. The van der Waals surface area contributed by atoms with Crippen LogP contribution in [0.2, 0.25) is 5.02 Å². The second-order valence-electron chi connectivity index (χ2n) is 4.58. The highest BCUT2D eigenvalue weighted by atomic mass is 35.5. The van der Waals surface area contributed by atoms with Crippen LogP contribution < -0.4 is 5.32 Å². The van der Waals surface area contributed by atoms with Gasteiger partial charge in [0.15, 0.2) is 0 Å². The molecule has 3 atom stereocenters. The minimum Gasteiger partial charge on any atom is -0.307 e. The number of halogens is 1. The first-order chi connectivity index (χ1) is 7.56. The van der Waals surface area contributed by atoms with E-state index in [0.717, 1.165) is 5.02 Å². The SMILES string of the molecule is CCC(C)C(C)N[C@H](C)c1ccccc1Cl. The quantitative estimate of drug-likeness (QED) is 0.802. The third-order valence-electron chi connectivity index (χ3n) is 3.38. The van der Waals surface area contributed by atoms with E-state index in [0.29, 0.717) is 18.0 Å². The van der Waals surface area contributed by atoms with Crippen LogP contribution in [0.3, 0.4) is 0 Å². The average Bonchev–Trinajstić information content (AvgIpc) is 2.28. The molecule has 1 N–H and O–H groups in total. The molecular weight excluding hydrogens is 218 g/mol. The van der Waals surface area contributed by atoms with Crippen LogP contribution in [0.25, 0.3) is 0 Å². The van der Waals surface area contributed by atoms with Crippen molar-refractivity contribution in [3.8, 4) is 0 Å². The van der Waals surface area contributed by atoms with Gasteiger partial charge in [0.2, 0.25) is 0 Å². The Bertz CT molecular complexity index is 324. The number of benzene rings is 1. The van der Waals surface area contributed by atoms with Crippen LogP contribution in [0.15, 0.2) is 24.3 Å². The van der Waals surface area contributed by atoms with Gasteiger partial charge >= 0.3 is 0 Å². The maximum Gasteiger partial charge on any atom is 0.0453 e. The molecule has 1 rings (SSSR count). The molecular formula is C14H22ClN. The van der Waals surface area contributed by atoms with E-state index < -0.39 is 0 Å². The van der Waals surface area contributed by atoms with Crippen LogP contribution >= 0.6 is 11.6 Å². The molecule has 0 aromatic heterocycles. The monoisotopic (exact) mass is 239 g/mol. The molecule has 0 heterocycles. The standard InChI is InChI=1S/C14H22ClN/c1-5-10(2)11(3)16-12(4)13-8-6-7-9-14(13)15/h6-12,16H,5H2,1-4H3/t10?,11?,12-/m1/s1. The molecule has 2 unspecified atom stereocenters. The van der Waals surface area contributed by atoms with Crippen LogP contribution in [0, 0.1) is 5.92 Å². The predicted octanol–water partition coefficient (Wildman–Crippen LogP) is 4.43. The molecule has 1 nitrogen and oxygen atoms in total. The molecule has 0 amide bonds. The van der Waals surface area contributed by atoms with Crippen molar-refractivity contribution in [3.05, 3.63) is 34.9 Å². The van der Waals surface area contributed by atoms with E-state index in [1.54, 1.807) is 0 Å². The highest BCUT2D eigenvalue weighted by Gasteiger charge is 2.15. The highest BCUT2D eigenvalue weighted by molar-refractivity contribution is 6.31. The van der Waals surface area contributed by atoms with Crippen molar-refractivity contribution in [1.29, 1.82) is 0 Å². The topological polar surface area (TPSA) is 12.0 Å². The fraction of sp³-hybridized carbons (Fsp3) is 0.571. The maximum absolute atomic E-state index is 6.18. The van der Waals surface area contributed by atoms with Crippen LogP contribution in [-0.4, -0.2) is 6.04 Å². The lowest BCUT2D eigenvalue weighted by molar-refractivity contribution is 0.360. The van der Waals surface area contributed by atoms with E-state index in [4.69, 9.17) is 11.6 Å². The van der Waals surface area contributed by atoms with Crippen molar-refractivity contribution in [2.75, 3.05) is 0 Å². The molecule has 0 bridgehead atoms. The lowest BCUT2D eigenvalue weighted by Crippen LogP contribution is -2.34. The normalized spacial score (nSPS) is 16.8. The van der Waals surface area contributed by atoms with Crippen molar-refractivity contribution < 1.29 is 0 Å². The van der Waals surface area contributed by atoms with Gasteiger partial charge < -0.3 is 5.32 Å². The summed E-state index contributed by atoms with van der Waals surface area (Å²) in [6.45, 7) is 8.90. The molecule has 0 aliphatic rings. The summed E-state index contributed by atoms with van der Waals surface area (Å²) in [5, 5.41) is 4.45. The van der Waals surface area contributed by atoms with E-state index in [1.807, 2.05) is 18.2 Å². The fourth-order valence-corrected chi connectivity index (χ4v) is 2.13. The second-order valence-corrected chi connectivity index (χ2v) is 4.99. The molecule has 0 saturated carbocycles. The molecule has 1 aromatic carbocycles. The fourth-order valence-electron chi connectivity index (χ4n) is 1.83. The lowest BCUT2D eigenvalue weighted by atomic mass is 9.99. The Morgan fingerprint density at radius 3 is 2.38 bits per heavy atom. The second kappa shape index (κ2) is 6.27. The molecule has 2 heteroatoms. The Morgan fingerprint density at radius 2 is 1.81 bits per heavy atom. The largest absolute Gasteiger partial charge is 0.307 e. The zero-order valence-corrected chi connectivity index (χ0v) is 11.4. The molecule has 0 saturated heterocycles. The molecule has 0 aliphatic heterocycles. The van der Waals surface area contributed by atoms with E-state index in [2.05, 4.69) is 39.1 Å². The molecule has 0 spiro atoms. The van der Waals surface area contributed by atoms with Crippen LogP contribution in [-0.2, 0) is 0 Å². The van der Waals surface area contributed by atoms with E-state index in [9.17, 15) is 0 Å². The Balaban J connectivity index is 2.65. The molecule has 0 radical (unpaired) electrons. The molecule has 0 aliphatic carbocycles. The summed E-state index contributed by atoms with van der Waals surface area (Å²) in [4.78, 5) is 0. The molecule has 1 aromatic rings. The van der Waals surface area contributed by atoms with Crippen molar-refractivity contribution in [2.24, 2.45) is 5.92 Å². The zero-order chi connectivity index (χ0) is 12.1. The van der Waals surface area contributed by atoms with Crippen LogP contribution in [0.4, 0.5) is 0 Å². The van der Waals surface area contributed by atoms with Crippen LogP contribution in [0.5, 0.6) is 0 Å². The predicted molar refractivity (Wildman–Crippen MR) is 71.9 cm³/mol. The van der Waals surface area contributed by atoms with E-state index >= 15 is 0 Å². The molecule has 90 valence electrons. The summed E-state index contributed by atoms with van der Waals surface area (Å²) < 4.78 is 0. The van der Waals surface area contributed by atoms with E-state index in [1.165, 1.54) is 12.0 Å². The van der Waals surface area contributed by atoms with Gasteiger partial charge in [-0.1, -0.05) is 50.1 Å². The summed E-state index contributed by atoms with van der Waals surface area (Å²) in [7, 11) is 0. The summed E-state index contributed by atoms with van der Waals surface area (Å²) >= 11 is 6.18. The van der Waals surface area contributed by atoms with Crippen molar-refractivity contribution in [1.82, 2.24) is 5.32 Å². The van der Waals surface area contributed by atoms with Crippen LogP contribution in [0.1, 0.15) is 45.7 Å². The minimum absolute atomic E-state index is 0.303. The Hall–Kier alpha value is -0.530. The smallest absolute Gasteiger partial charge is 0.0453 e. The minimum atomic E-state index is 0.303. The summed E-state index contributed by atoms with van der Waals surface area (Å²) in [6, 6.07) is 8.85. The van der Waals surface area contributed by atoms with Gasteiger partial charge in [-0.15, -0.1) is 0 Å². The van der Waals surface area contributed by atoms with Gasteiger partial charge in [0.25, 0.3) is 0 Å². The number of hydrogen-bond donors (Lipinski definition) is 1. The molecule has 0 fully saturated rings. The Kier molecular flexibility index (Phi) is 5.30. The highest BCUT2D eigenvalue weighted by Crippen LogP contribution is 2.23. The first-order valence-corrected chi connectivity index (χ1v) is 6.44. The maximum atomic E-state index is 6.18. The van der Waals surface area contributed by atoms with Gasteiger partial charge in [0, 0.05) is 17.1 Å².